The Morgan fingerprint density at radius 1 is 0.487 bits per heavy atom. The Bertz CT molecular complexity index is 1580. The Hall–Kier alpha value is -2.90. The highest BCUT2D eigenvalue weighted by atomic mass is 16.7. The Morgan fingerprint density at radius 2 is 0.863 bits per heavy atom. The van der Waals surface area contributed by atoms with Gasteiger partial charge in [0.25, 0.3) is 0 Å². The van der Waals surface area contributed by atoms with Crippen LogP contribution in [0.2, 0.25) is 0 Å². The van der Waals surface area contributed by atoms with E-state index in [9.17, 15) is 35.1 Å². The molecule has 11 heteroatoms. The third-order valence-corrected chi connectivity index (χ3v) is 15.3. The van der Waals surface area contributed by atoms with Gasteiger partial charge in [-0.25, -0.2) is 0 Å². The van der Waals surface area contributed by atoms with Crippen LogP contribution in [0, 0.1) is 0 Å². The van der Waals surface area contributed by atoms with Crippen molar-refractivity contribution in [3.63, 3.8) is 0 Å². The van der Waals surface area contributed by atoms with Crippen molar-refractivity contribution in [3.05, 3.63) is 72.9 Å². The third-order valence-electron chi connectivity index (χ3n) is 15.3. The normalized spacial score (nSPS) is 19.2. The summed E-state index contributed by atoms with van der Waals surface area (Å²) in [5.41, 5.74) is 0. The lowest BCUT2D eigenvalue weighted by molar-refractivity contribution is -0.305. The van der Waals surface area contributed by atoms with E-state index in [1.807, 2.05) is 6.08 Å². The van der Waals surface area contributed by atoms with E-state index in [2.05, 4.69) is 86.8 Å². The molecule has 80 heavy (non-hydrogen) atoms. The van der Waals surface area contributed by atoms with Gasteiger partial charge < -0.3 is 45.1 Å². The van der Waals surface area contributed by atoms with E-state index in [1.165, 1.54) is 161 Å². The van der Waals surface area contributed by atoms with Gasteiger partial charge in [0.15, 0.2) is 12.4 Å². The first-order valence-corrected chi connectivity index (χ1v) is 33.2. The number of aliphatic hydroxyl groups excluding tert-OH is 5. The van der Waals surface area contributed by atoms with E-state index in [-0.39, 0.29) is 19.4 Å². The van der Waals surface area contributed by atoms with Crippen molar-refractivity contribution >= 4 is 11.9 Å². The van der Waals surface area contributed by atoms with Crippen molar-refractivity contribution < 1.29 is 49.3 Å². The van der Waals surface area contributed by atoms with Crippen molar-refractivity contribution in [3.8, 4) is 0 Å². The fraction of sp³-hybridized carbons (Fsp3) is 0.797. The molecule has 1 fully saturated rings. The second-order valence-electron chi connectivity index (χ2n) is 22.8. The summed E-state index contributed by atoms with van der Waals surface area (Å²) in [7, 11) is 0. The average molecular weight is 1130 g/mol. The first kappa shape index (κ1) is 75.1. The van der Waals surface area contributed by atoms with Crippen molar-refractivity contribution in [1.29, 1.82) is 0 Å². The molecule has 0 radical (unpaired) electrons. The van der Waals surface area contributed by atoms with Gasteiger partial charge in [0.05, 0.1) is 25.4 Å². The van der Waals surface area contributed by atoms with Crippen LogP contribution in [-0.2, 0) is 23.8 Å². The first-order valence-electron chi connectivity index (χ1n) is 33.2. The van der Waals surface area contributed by atoms with Gasteiger partial charge in [0, 0.05) is 6.42 Å². The van der Waals surface area contributed by atoms with Gasteiger partial charge in [-0.3, -0.25) is 9.59 Å². The topological polar surface area (TPSA) is 175 Å². The highest BCUT2D eigenvalue weighted by molar-refractivity contribution is 5.80. The zero-order valence-electron chi connectivity index (χ0n) is 51.4. The molecule has 0 aromatic heterocycles. The smallest absolute Gasteiger partial charge is 0.306 e. The highest BCUT2D eigenvalue weighted by Crippen LogP contribution is 2.26. The Labute approximate surface area is 490 Å². The van der Waals surface area contributed by atoms with Gasteiger partial charge in [-0.15, -0.1) is 0 Å². The van der Waals surface area contributed by atoms with Crippen LogP contribution < -0.4 is 5.32 Å². The molecule has 0 aromatic carbocycles. The van der Waals surface area contributed by atoms with Gasteiger partial charge in [-0.05, 0) is 96.3 Å². The van der Waals surface area contributed by atoms with Gasteiger partial charge in [-0.2, -0.15) is 0 Å². The van der Waals surface area contributed by atoms with E-state index in [1.54, 1.807) is 6.08 Å². The monoisotopic (exact) mass is 1130 g/mol. The molecule has 1 aliphatic rings. The largest absolute Gasteiger partial charge is 0.454 e. The standard InChI is InChI=1S/C69H123NO10/c1-4-7-10-13-16-19-22-25-27-29-31-33-34-36-38-41-44-47-50-53-56-62(73)68(77)70-60(61(72)55-52-49-46-43-40-24-21-18-15-12-9-6-3)59-78-69-67(66(76)65(75)63(58-71)79-69)80-64(74)57-54-51-48-45-42-39-37-35-32-30-28-26-23-20-17-14-11-8-5-2/h16,19,25-28,31,33,36,38,52,55,60-63,65-67,69,71-73,75-76H,4-15,17-18,20-24,29-30,32,34-35,37,39-51,53-54,56-59H2,1-3H3,(H,70,77)/b19-16-,27-25-,28-26+,33-31-,38-36-,55-52+. The maximum Gasteiger partial charge on any atom is 0.306 e. The van der Waals surface area contributed by atoms with Crippen LogP contribution in [0.1, 0.15) is 290 Å². The van der Waals surface area contributed by atoms with Crippen LogP contribution in [0.4, 0.5) is 0 Å². The quantitative estimate of drug-likeness (QED) is 0.0195. The molecule has 6 N–H and O–H groups in total. The molecule has 1 saturated heterocycles. The van der Waals surface area contributed by atoms with Gasteiger partial charge in [0.2, 0.25) is 5.91 Å². The lowest BCUT2D eigenvalue weighted by Crippen LogP contribution is -2.61. The number of esters is 1. The predicted octanol–water partition coefficient (Wildman–Crippen LogP) is 16.3. The fourth-order valence-corrected chi connectivity index (χ4v) is 10.0. The molecule has 8 atom stereocenters. The number of amides is 1. The zero-order chi connectivity index (χ0) is 58.2. The highest BCUT2D eigenvalue weighted by Gasteiger charge is 2.47. The number of rotatable bonds is 56. The summed E-state index contributed by atoms with van der Waals surface area (Å²) in [6.45, 7) is 5.76. The van der Waals surface area contributed by atoms with E-state index >= 15 is 0 Å². The minimum absolute atomic E-state index is 0.117. The van der Waals surface area contributed by atoms with E-state index in [4.69, 9.17) is 14.2 Å². The molecule has 8 unspecified atom stereocenters. The van der Waals surface area contributed by atoms with Crippen LogP contribution >= 0.6 is 0 Å². The molecule has 1 rings (SSSR count). The van der Waals surface area contributed by atoms with Crippen molar-refractivity contribution in [2.45, 2.75) is 339 Å². The zero-order valence-corrected chi connectivity index (χ0v) is 51.4. The van der Waals surface area contributed by atoms with Crippen LogP contribution in [-0.4, -0.2) is 99.6 Å². The number of hydrogen-bond donors (Lipinski definition) is 6. The second-order valence-corrected chi connectivity index (χ2v) is 22.8. The van der Waals surface area contributed by atoms with Crippen molar-refractivity contribution in [2.24, 2.45) is 0 Å². The Morgan fingerprint density at radius 3 is 1.32 bits per heavy atom. The number of ether oxygens (including phenoxy) is 3. The van der Waals surface area contributed by atoms with Gasteiger partial charge in [0.1, 0.15) is 24.4 Å². The van der Waals surface area contributed by atoms with Crippen LogP contribution in [0.25, 0.3) is 0 Å². The predicted molar refractivity (Wildman–Crippen MR) is 333 cm³/mol. The molecule has 1 heterocycles. The molecule has 0 spiro atoms. The molecular formula is C69H123NO10. The first-order chi connectivity index (χ1) is 39.2. The minimum atomic E-state index is -1.62. The number of nitrogens with one attached hydrogen (secondary N) is 1. The Kier molecular flexibility index (Phi) is 53.1. The van der Waals surface area contributed by atoms with Crippen molar-refractivity contribution in [1.82, 2.24) is 5.32 Å². The second kappa shape index (κ2) is 56.6. The summed E-state index contributed by atoms with van der Waals surface area (Å²) in [5.74, 6) is -1.21. The molecule has 0 aromatic rings. The molecule has 1 amide bonds. The summed E-state index contributed by atoms with van der Waals surface area (Å²) in [4.78, 5) is 26.6. The molecule has 0 aliphatic carbocycles. The SMILES string of the molecule is CCCCC/C=C\C/C=C\C/C=C\C/C=C\CCCCCCC(O)C(=O)NC(COC1OC(CO)C(O)C(O)C1OC(=O)CCCCCCCCCCC/C=C/CCCCCCCC)C(O)/C=C/CCCCCCCCCCCC. The van der Waals surface area contributed by atoms with E-state index in [0.717, 1.165) is 83.5 Å². The van der Waals surface area contributed by atoms with Gasteiger partial charge >= 0.3 is 5.97 Å². The van der Waals surface area contributed by atoms with Gasteiger partial charge in [-0.1, -0.05) is 261 Å². The molecule has 1 aliphatic heterocycles. The molecule has 464 valence electrons. The summed E-state index contributed by atoms with van der Waals surface area (Å²) in [6.07, 6.45) is 62.2. The summed E-state index contributed by atoms with van der Waals surface area (Å²) in [5, 5.41) is 57.1. The summed E-state index contributed by atoms with van der Waals surface area (Å²) in [6, 6.07) is -1.04. The number of hydrogen-bond acceptors (Lipinski definition) is 10. The summed E-state index contributed by atoms with van der Waals surface area (Å²) >= 11 is 0. The van der Waals surface area contributed by atoms with Crippen LogP contribution in [0.3, 0.4) is 0 Å². The van der Waals surface area contributed by atoms with E-state index < -0.39 is 67.4 Å². The maximum absolute atomic E-state index is 13.4. The number of carbonyl (C=O) groups excluding carboxylic acids is 2. The van der Waals surface area contributed by atoms with Crippen molar-refractivity contribution in [2.75, 3.05) is 13.2 Å². The molecule has 0 saturated carbocycles. The lowest BCUT2D eigenvalue weighted by Gasteiger charge is -2.41. The number of aliphatic hydroxyl groups is 5. The number of unbranched alkanes of at least 4 members (excludes halogenated alkanes) is 32. The summed E-state index contributed by atoms with van der Waals surface area (Å²) < 4.78 is 17.6. The van der Waals surface area contributed by atoms with Crippen LogP contribution in [0.15, 0.2) is 72.9 Å². The van der Waals surface area contributed by atoms with E-state index in [0.29, 0.717) is 12.8 Å². The number of carbonyl (C=O) groups is 2. The Balaban J connectivity index is 2.66. The third kappa shape index (κ3) is 43.7. The minimum Gasteiger partial charge on any atom is -0.454 e. The lowest BCUT2D eigenvalue weighted by atomic mass is 9.99. The molecular weight excluding hydrogens is 1000 g/mol. The molecule has 11 nitrogen and oxygen atoms in total. The molecule has 0 bridgehead atoms. The fourth-order valence-electron chi connectivity index (χ4n) is 10.0. The number of allylic oxidation sites excluding steroid dienone is 11. The average Bonchev–Trinajstić information content (AvgIpc) is 3.45. The van der Waals surface area contributed by atoms with Crippen LogP contribution in [0.5, 0.6) is 0 Å². The maximum atomic E-state index is 13.4.